The molecule has 0 radical (unpaired) electrons. The number of carbonyl (C=O) groups is 1. The molecule has 6 nitrogen and oxygen atoms in total. The number of likely N-dealkylation sites (tertiary alicyclic amines) is 1. The van der Waals surface area contributed by atoms with E-state index in [0.29, 0.717) is 32.5 Å². The van der Waals surface area contributed by atoms with Gasteiger partial charge in [0.2, 0.25) is 5.91 Å². The Labute approximate surface area is 136 Å². The number of β-amino-alcohol motifs (C(OH)–C–C–N with tert-alkyl or cyclic N) is 1. The van der Waals surface area contributed by atoms with Gasteiger partial charge >= 0.3 is 0 Å². The summed E-state index contributed by atoms with van der Waals surface area (Å²) in [6, 6.07) is 5.82. The van der Waals surface area contributed by atoms with Crippen molar-refractivity contribution in [1.29, 1.82) is 0 Å². The molecule has 0 unspecified atom stereocenters. The number of likely N-dealkylation sites (N-methyl/N-ethyl adjacent to an activating group) is 1. The minimum absolute atomic E-state index is 0.0495. The lowest BCUT2D eigenvalue weighted by Gasteiger charge is -2.26. The second kappa shape index (κ2) is 5.94. The summed E-state index contributed by atoms with van der Waals surface area (Å²) in [7, 11) is 3.87. The van der Waals surface area contributed by atoms with Gasteiger partial charge in [-0.3, -0.25) is 4.79 Å². The van der Waals surface area contributed by atoms with E-state index in [9.17, 15) is 9.90 Å². The molecule has 3 rings (SSSR count). The van der Waals surface area contributed by atoms with Crippen LogP contribution in [0.25, 0.3) is 5.65 Å². The summed E-state index contributed by atoms with van der Waals surface area (Å²) in [5.41, 5.74) is 1.87. The van der Waals surface area contributed by atoms with Gasteiger partial charge in [0.05, 0.1) is 30.0 Å². The third-order valence-electron chi connectivity index (χ3n) is 4.44. The molecular weight excluding hydrogens is 292 g/mol. The molecule has 6 heteroatoms. The number of amides is 1. The van der Waals surface area contributed by atoms with E-state index in [2.05, 4.69) is 4.98 Å². The highest BCUT2D eigenvalue weighted by Crippen LogP contribution is 2.23. The maximum atomic E-state index is 12.6. The number of hydrogen-bond donors (Lipinski definition) is 1. The maximum Gasteiger partial charge on any atom is 0.228 e. The van der Waals surface area contributed by atoms with Crippen LogP contribution in [-0.2, 0) is 11.2 Å². The average Bonchev–Trinajstić information content (AvgIpc) is 3.00. The maximum absolute atomic E-state index is 12.6. The highest BCUT2D eigenvalue weighted by Gasteiger charge is 2.38. The lowest BCUT2D eigenvalue weighted by Crippen LogP contribution is -2.43. The molecule has 23 heavy (non-hydrogen) atoms. The van der Waals surface area contributed by atoms with E-state index < -0.39 is 5.60 Å². The van der Waals surface area contributed by atoms with Crippen molar-refractivity contribution in [3.05, 3.63) is 35.8 Å². The first-order valence-electron chi connectivity index (χ1n) is 7.95. The summed E-state index contributed by atoms with van der Waals surface area (Å²) < 4.78 is 1.97. The van der Waals surface area contributed by atoms with E-state index in [1.165, 1.54) is 0 Å². The van der Waals surface area contributed by atoms with Crippen LogP contribution in [-0.4, -0.2) is 69.5 Å². The lowest BCUT2D eigenvalue weighted by molar-refractivity contribution is -0.130. The van der Waals surface area contributed by atoms with Gasteiger partial charge in [0.25, 0.3) is 0 Å². The van der Waals surface area contributed by atoms with Gasteiger partial charge in [-0.1, -0.05) is 6.07 Å². The molecule has 3 heterocycles. The molecule has 1 amide bonds. The number of carbonyl (C=O) groups excluding carboxylic acids is 1. The molecule has 1 atom stereocenters. The van der Waals surface area contributed by atoms with E-state index in [4.69, 9.17) is 0 Å². The molecule has 2 aromatic rings. The number of rotatable bonds is 4. The van der Waals surface area contributed by atoms with Crippen LogP contribution in [0, 0.1) is 6.92 Å². The number of aromatic nitrogens is 2. The molecule has 1 aliphatic rings. The van der Waals surface area contributed by atoms with Crippen LogP contribution >= 0.6 is 0 Å². The van der Waals surface area contributed by atoms with Crippen molar-refractivity contribution < 1.29 is 9.90 Å². The van der Waals surface area contributed by atoms with Crippen molar-refractivity contribution in [2.24, 2.45) is 0 Å². The van der Waals surface area contributed by atoms with Gasteiger partial charge in [-0.2, -0.15) is 0 Å². The van der Waals surface area contributed by atoms with Gasteiger partial charge in [0, 0.05) is 19.3 Å². The van der Waals surface area contributed by atoms with Crippen LogP contribution in [0.4, 0.5) is 0 Å². The van der Waals surface area contributed by atoms with Crippen molar-refractivity contribution >= 4 is 11.6 Å². The summed E-state index contributed by atoms with van der Waals surface area (Å²) in [6.07, 6.45) is 2.88. The lowest BCUT2D eigenvalue weighted by atomic mass is 10.0. The van der Waals surface area contributed by atoms with E-state index in [1.54, 1.807) is 4.90 Å². The van der Waals surface area contributed by atoms with Gasteiger partial charge in [0.15, 0.2) is 0 Å². The topological polar surface area (TPSA) is 61.1 Å². The Morgan fingerprint density at radius 1 is 1.43 bits per heavy atom. The molecule has 124 valence electrons. The van der Waals surface area contributed by atoms with Gasteiger partial charge in [0.1, 0.15) is 5.65 Å². The molecule has 0 saturated carbocycles. The summed E-state index contributed by atoms with van der Waals surface area (Å²) in [4.78, 5) is 20.9. The largest absolute Gasteiger partial charge is 0.387 e. The molecule has 0 aliphatic carbocycles. The van der Waals surface area contributed by atoms with E-state index in [0.717, 1.165) is 17.0 Å². The number of fused-ring (bicyclic) bond motifs is 1. The molecule has 0 spiro atoms. The van der Waals surface area contributed by atoms with Crippen LogP contribution in [0.2, 0.25) is 0 Å². The smallest absolute Gasteiger partial charge is 0.228 e. The Balaban J connectivity index is 1.73. The third-order valence-corrected chi connectivity index (χ3v) is 4.44. The Hall–Kier alpha value is -1.92. The number of pyridine rings is 1. The molecule has 0 bridgehead atoms. The second-order valence-corrected chi connectivity index (χ2v) is 6.78. The number of nitrogens with zero attached hydrogens (tertiary/aromatic N) is 4. The van der Waals surface area contributed by atoms with Crippen molar-refractivity contribution in [3.63, 3.8) is 0 Å². The first-order chi connectivity index (χ1) is 10.9. The molecule has 1 aliphatic heterocycles. The van der Waals surface area contributed by atoms with Crippen molar-refractivity contribution in [2.75, 3.05) is 33.7 Å². The normalized spacial score (nSPS) is 21.5. The predicted octanol–water partition coefficient (Wildman–Crippen LogP) is 0.710. The molecule has 2 aromatic heterocycles. The average molecular weight is 316 g/mol. The minimum atomic E-state index is -0.798. The van der Waals surface area contributed by atoms with E-state index in [-0.39, 0.29) is 5.91 Å². The zero-order valence-corrected chi connectivity index (χ0v) is 14.0. The molecule has 1 fully saturated rings. The molecule has 0 aromatic carbocycles. The number of imidazole rings is 1. The summed E-state index contributed by atoms with van der Waals surface area (Å²) in [6.45, 7) is 3.52. The summed E-state index contributed by atoms with van der Waals surface area (Å²) in [5.74, 6) is 0.0495. The fourth-order valence-electron chi connectivity index (χ4n) is 3.42. The van der Waals surface area contributed by atoms with Crippen LogP contribution < -0.4 is 0 Å². The van der Waals surface area contributed by atoms with Crippen LogP contribution in [0.3, 0.4) is 0 Å². The fraction of sp³-hybridized carbons (Fsp3) is 0.529. The van der Waals surface area contributed by atoms with Crippen molar-refractivity contribution in [1.82, 2.24) is 19.2 Å². The fourth-order valence-corrected chi connectivity index (χ4v) is 3.42. The van der Waals surface area contributed by atoms with Gasteiger partial charge < -0.3 is 19.3 Å². The first kappa shape index (κ1) is 16.0. The zero-order chi connectivity index (χ0) is 16.6. The number of aryl methyl sites for hydroxylation is 1. The molecule has 1 saturated heterocycles. The second-order valence-electron chi connectivity index (χ2n) is 6.78. The summed E-state index contributed by atoms with van der Waals surface area (Å²) >= 11 is 0. The Morgan fingerprint density at radius 2 is 2.22 bits per heavy atom. The van der Waals surface area contributed by atoms with Crippen molar-refractivity contribution in [2.45, 2.75) is 25.4 Å². The minimum Gasteiger partial charge on any atom is -0.387 e. The number of hydrogen-bond acceptors (Lipinski definition) is 4. The summed E-state index contributed by atoms with van der Waals surface area (Å²) in [5, 5.41) is 10.6. The Kier molecular flexibility index (Phi) is 4.12. The highest BCUT2D eigenvalue weighted by atomic mass is 16.3. The van der Waals surface area contributed by atoms with Crippen molar-refractivity contribution in [3.8, 4) is 0 Å². The van der Waals surface area contributed by atoms with Crippen LogP contribution in [0.5, 0.6) is 0 Å². The zero-order valence-electron chi connectivity index (χ0n) is 14.0. The Morgan fingerprint density at radius 3 is 2.96 bits per heavy atom. The Bertz CT molecular complexity index is 724. The van der Waals surface area contributed by atoms with Crippen LogP contribution in [0.15, 0.2) is 24.4 Å². The predicted molar refractivity (Wildman–Crippen MR) is 88.3 cm³/mol. The molecule has 1 N–H and O–H groups in total. The molecular formula is C17H24N4O2. The monoisotopic (exact) mass is 316 g/mol. The quantitative estimate of drug-likeness (QED) is 0.902. The van der Waals surface area contributed by atoms with Gasteiger partial charge in [-0.05, 0) is 39.6 Å². The van der Waals surface area contributed by atoms with E-state index in [1.807, 2.05) is 54.7 Å². The first-order valence-corrected chi connectivity index (χ1v) is 7.95. The van der Waals surface area contributed by atoms with Gasteiger partial charge in [-0.15, -0.1) is 0 Å². The van der Waals surface area contributed by atoms with Gasteiger partial charge in [-0.25, -0.2) is 4.98 Å². The van der Waals surface area contributed by atoms with E-state index >= 15 is 0 Å². The van der Waals surface area contributed by atoms with Crippen LogP contribution in [0.1, 0.15) is 17.8 Å². The number of aliphatic hydroxyl groups is 1. The standard InChI is InChI=1S/C17H24N4O2/c1-13-14(21-8-5-4-6-15(21)18-13)10-16(22)20-9-7-17(23,12-20)11-19(2)3/h4-6,8,23H,7,9-12H2,1-3H3/t17-/m1/s1. The SMILES string of the molecule is Cc1nc2ccccn2c1CC(=O)N1CC[C@@](O)(CN(C)C)C1. The third kappa shape index (κ3) is 3.23. The highest BCUT2D eigenvalue weighted by molar-refractivity contribution is 5.79.